The Morgan fingerprint density at radius 2 is 1.95 bits per heavy atom. The van der Waals surface area contributed by atoms with E-state index in [2.05, 4.69) is 6.58 Å². The molecule has 1 rings (SSSR count). The van der Waals surface area contributed by atoms with E-state index in [1.807, 2.05) is 0 Å². The number of aromatic carboxylic acids is 1. The molecule has 0 amide bonds. The van der Waals surface area contributed by atoms with Crippen LogP contribution in [0.4, 0.5) is 0 Å². The first-order valence-corrected chi connectivity index (χ1v) is 7.93. The number of rotatable bonds is 5. The molecular formula is C15H21NO4S. The summed E-state index contributed by atoms with van der Waals surface area (Å²) in [5.41, 5.74) is -0.177. The van der Waals surface area contributed by atoms with Gasteiger partial charge in [-0.1, -0.05) is 12.1 Å². The number of hydrogen-bond acceptors (Lipinski definition) is 3. The van der Waals surface area contributed by atoms with Crippen molar-refractivity contribution >= 4 is 16.0 Å². The van der Waals surface area contributed by atoms with Crippen LogP contribution in [0, 0.1) is 6.92 Å². The minimum absolute atomic E-state index is 0.0131. The number of nitrogens with zero attached hydrogens (tertiary/aromatic N) is 1. The van der Waals surface area contributed by atoms with Gasteiger partial charge in [-0.3, -0.25) is 0 Å². The Labute approximate surface area is 126 Å². The Morgan fingerprint density at radius 3 is 2.38 bits per heavy atom. The Bertz CT molecular complexity index is 657. The third-order valence-electron chi connectivity index (χ3n) is 3.05. The van der Waals surface area contributed by atoms with E-state index in [0.717, 1.165) is 0 Å². The van der Waals surface area contributed by atoms with E-state index in [9.17, 15) is 13.2 Å². The molecule has 0 spiro atoms. The maximum Gasteiger partial charge on any atom is 0.335 e. The van der Waals surface area contributed by atoms with E-state index < -0.39 is 21.5 Å². The highest BCUT2D eigenvalue weighted by Gasteiger charge is 2.34. The predicted octanol–water partition coefficient (Wildman–Crippen LogP) is 2.67. The van der Waals surface area contributed by atoms with E-state index in [0.29, 0.717) is 5.56 Å². The molecule has 0 saturated heterocycles. The van der Waals surface area contributed by atoms with Gasteiger partial charge in [-0.05, 0) is 45.4 Å². The van der Waals surface area contributed by atoms with Gasteiger partial charge in [0.25, 0.3) is 0 Å². The zero-order valence-electron chi connectivity index (χ0n) is 12.8. The lowest BCUT2D eigenvalue weighted by Gasteiger charge is -2.34. The van der Waals surface area contributed by atoms with Crippen molar-refractivity contribution in [2.24, 2.45) is 0 Å². The smallest absolute Gasteiger partial charge is 0.335 e. The Kier molecular flexibility index (Phi) is 4.96. The van der Waals surface area contributed by atoms with Gasteiger partial charge >= 0.3 is 5.97 Å². The maximum atomic E-state index is 12.8. The SMILES string of the molecule is C=CCN(C(C)(C)C)S(=O)(=O)c1cc(C(=O)O)ccc1C. The summed E-state index contributed by atoms with van der Waals surface area (Å²) in [5.74, 6) is -1.16. The van der Waals surface area contributed by atoms with E-state index in [-0.39, 0.29) is 17.0 Å². The fourth-order valence-electron chi connectivity index (χ4n) is 1.98. The van der Waals surface area contributed by atoms with Crippen LogP contribution in [-0.2, 0) is 10.0 Å². The van der Waals surface area contributed by atoms with Gasteiger partial charge in [0.15, 0.2) is 0 Å². The quantitative estimate of drug-likeness (QED) is 0.848. The molecule has 1 aromatic carbocycles. The van der Waals surface area contributed by atoms with Crippen molar-refractivity contribution in [3.63, 3.8) is 0 Å². The lowest BCUT2D eigenvalue weighted by Crippen LogP contribution is -2.45. The van der Waals surface area contributed by atoms with Gasteiger partial charge in [0.2, 0.25) is 10.0 Å². The van der Waals surface area contributed by atoms with Gasteiger partial charge in [0.05, 0.1) is 10.5 Å². The number of hydrogen-bond donors (Lipinski definition) is 1. The third kappa shape index (κ3) is 3.71. The first-order chi connectivity index (χ1) is 9.51. The summed E-state index contributed by atoms with van der Waals surface area (Å²) in [5, 5.41) is 9.04. The molecule has 1 aromatic rings. The number of carboxylic acids is 1. The summed E-state index contributed by atoms with van der Waals surface area (Å²) in [7, 11) is -3.81. The molecule has 0 aliphatic heterocycles. The lowest BCUT2D eigenvalue weighted by atomic mass is 10.1. The minimum Gasteiger partial charge on any atom is -0.478 e. The lowest BCUT2D eigenvalue weighted by molar-refractivity contribution is 0.0696. The molecule has 0 unspecified atom stereocenters. The molecular weight excluding hydrogens is 290 g/mol. The van der Waals surface area contributed by atoms with Gasteiger partial charge in [-0.2, -0.15) is 4.31 Å². The highest BCUT2D eigenvalue weighted by atomic mass is 32.2. The van der Waals surface area contributed by atoms with Crippen LogP contribution < -0.4 is 0 Å². The third-order valence-corrected chi connectivity index (χ3v) is 5.32. The molecule has 5 nitrogen and oxygen atoms in total. The largest absolute Gasteiger partial charge is 0.478 e. The zero-order chi connectivity index (χ0) is 16.4. The van der Waals surface area contributed by atoms with Crippen LogP contribution in [-0.4, -0.2) is 35.9 Å². The first-order valence-electron chi connectivity index (χ1n) is 6.49. The van der Waals surface area contributed by atoms with Crippen molar-refractivity contribution in [1.29, 1.82) is 0 Å². The Balaban J connectivity index is 3.51. The van der Waals surface area contributed by atoms with Crippen LogP contribution in [0.2, 0.25) is 0 Å². The molecule has 0 aliphatic rings. The van der Waals surface area contributed by atoms with Gasteiger partial charge in [0, 0.05) is 12.1 Å². The standard InChI is InChI=1S/C15H21NO4S/c1-6-9-16(15(3,4)5)21(19,20)13-10-12(14(17)18)8-7-11(13)2/h6-8,10H,1,9H2,2-5H3,(H,17,18). The maximum absolute atomic E-state index is 12.8. The first kappa shape index (κ1) is 17.4. The summed E-state index contributed by atoms with van der Waals surface area (Å²) >= 11 is 0. The number of sulfonamides is 1. The highest BCUT2D eigenvalue weighted by Crippen LogP contribution is 2.27. The number of carbonyl (C=O) groups is 1. The molecule has 21 heavy (non-hydrogen) atoms. The van der Waals surface area contributed by atoms with Crippen molar-refractivity contribution in [3.8, 4) is 0 Å². The monoisotopic (exact) mass is 311 g/mol. The van der Waals surface area contributed by atoms with Crippen molar-refractivity contribution in [2.75, 3.05) is 6.54 Å². The Morgan fingerprint density at radius 1 is 1.38 bits per heavy atom. The van der Waals surface area contributed by atoms with E-state index in [1.54, 1.807) is 27.7 Å². The number of benzene rings is 1. The Hall–Kier alpha value is -1.66. The van der Waals surface area contributed by atoms with E-state index in [1.165, 1.54) is 28.6 Å². The van der Waals surface area contributed by atoms with Crippen LogP contribution in [0.15, 0.2) is 35.7 Å². The minimum atomic E-state index is -3.81. The highest BCUT2D eigenvalue weighted by molar-refractivity contribution is 7.89. The molecule has 0 aromatic heterocycles. The molecule has 0 bridgehead atoms. The second-order valence-electron chi connectivity index (χ2n) is 5.78. The summed E-state index contributed by atoms with van der Waals surface area (Å²) in [6, 6.07) is 4.10. The molecule has 0 aliphatic carbocycles. The molecule has 0 atom stereocenters. The van der Waals surface area contributed by atoms with Crippen molar-refractivity contribution in [3.05, 3.63) is 42.0 Å². The molecule has 1 N–H and O–H groups in total. The van der Waals surface area contributed by atoms with Gasteiger partial charge in [-0.25, -0.2) is 13.2 Å². The van der Waals surface area contributed by atoms with Crippen LogP contribution in [0.1, 0.15) is 36.7 Å². The summed E-state index contributed by atoms with van der Waals surface area (Å²) in [6.07, 6.45) is 1.51. The van der Waals surface area contributed by atoms with Gasteiger partial charge in [-0.15, -0.1) is 6.58 Å². The van der Waals surface area contributed by atoms with Gasteiger partial charge < -0.3 is 5.11 Å². The van der Waals surface area contributed by atoms with Crippen LogP contribution in [0.3, 0.4) is 0 Å². The average Bonchev–Trinajstić information content (AvgIpc) is 2.34. The van der Waals surface area contributed by atoms with Crippen LogP contribution in [0.25, 0.3) is 0 Å². The summed E-state index contributed by atoms with van der Waals surface area (Å²) < 4.78 is 27.0. The molecule has 6 heteroatoms. The number of carboxylic acid groups (broad SMARTS) is 1. The van der Waals surface area contributed by atoms with E-state index in [4.69, 9.17) is 5.11 Å². The second-order valence-corrected chi connectivity index (χ2v) is 7.61. The average molecular weight is 311 g/mol. The molecule has 0 saturated carbocycles. The topological polar surface area (TPSA) is 74.7 Å². The molecule has 0 radical (unpaired) electrons. The molecule has 0 heterocycles. The van der Waals surface area contributed by atoms with Crippen molar-refractivity contribution < 1.29 is 18.3 Å². The van der Waals surface area contributed by atoms with Crippen molar-refractivity contribution in [2.45, 2.75) is 38.1 Å². The molecule has 0 fully saturated rings. The normalized spacial score (nSPS) is 12.4. The van der Waals surface area contributed by atoms with E-state index >= 15 is 0 Å². The molecule has 116 valence electrons. The van der Waals surface area contributed by atoms with Crippen LogP contribution in [0.5, 0.6) is 0 Å². The van der Waals surface area contributed by atoms with Crippen LogP contribution >= 0.6 is 0 Å². The number of aryl methyl sites for hydroxylation is 1. The fourth-order valence-corrected chi connectivity index (χ4v) is 3.99. The fraction of sp³-hybridized carbons (Fsp3) is 0.400. The second kappa shape index (κ2) is 5.99. The van der Waals surface area contributed by atoms with Crippen molar-refractivity contribution in [1.82, 2.24) is 4.31 Å². The zero-order valence-corrected chi connectivity index (χ0v) is 13.6. The predicted molar refractivity (Wildman–Crippen MR) is 82.0 cm³/mol. The summed E-state index contributed by atoms with van der Waals surface area (Å²) in [6.45, 7) is 10.7. The van der Waals surface area contributed by atoms with Gasteiger partial charge in [0.1, 0.15) is 0 Å². The summed E-state index contributed by atoms with van der Waals surface area (Å²) in [4.78, 5) is 11.1.